The summed E-state index contributed by atoms with van der Waals surface area (Å²) in [6, 6.07) is 2.41. The van der Waals surface area contributed by atoms with Crippen LogP contribution >= 0.6 is 0 Å². The first kappa shape index (κ1) is 12.7. The lowest BCUT2D eigenvalue weighted by Crippen LogP contribution is -2.31. The van der Waals surface area contributed by atoms with Crippen molar-refractivity contribution in [1.29, 1.82) is 0 Å². The Balaban J connectivity index is 1.74. The molecule has 19 heavy (non-hydrogen) atoms. The molecule has 3 rings (SSSR count). The van der Waals surface area contributed by atoms with Gasteiger partial charge in [-0.3, -0.25) is 0 Å². The number of nitrogens with zero attached hydrogens (tertiary/aromatic N) is 3. The second kappa shape index (κ2) is 5.74. The van der Waals surface area contributed by atoms with Gasteiger partial charge >= 0.3 is 0 Å². The quantitative estimate of drug-likeness (QED) is 0.902. The van der Waals surface area contributed by atoms with E-state index in [1.165, 1.54) is 19.3 Å². The third-order valence-corrected chi connectivity index (χ3v) is 3.76. The van der Waals surface area contributed by atoms with Crippen molar-refractivity contribution in [1.82, 2.24) is 9.97 Å². The van der Waals surface area contributed by atoms with E-state index >= 15 is 0 Å². The maximum Gasteiger partial charge on any atom is 0.227 e. The van der Waals surface area contributed by atoms with E-state index in [2.05, 4.69) is 20.2 Å². The van der Waals surface area contributed by atoms with Crippen molar-refractivity contribution in [2.75, 3.05) is 36.5 Å². The largest absolute Gasteiger partial charge is 0.379 e. The van der Waals surface area contributed by atoms with Gasteiger partial charge in [0.1, 0.15) is 5.82 Å². The summed E-state index contributed by atoms with van der Waals surface area (Å²) in [4.78, 5) is 11.5. The van der Waals surface area contributed by atoms with Crippen LogP contribution in [-0.4, -0.2) is 42.3 Å². The van der Waals surface area contributed by atoms with Crippen LogP contribution in [0.3, 0.4) is 0 Å². The third kappa shape index (κ3) is 3.15. The summed E-state index contributed by atoms with van der Waals surface area (Å²) in [7, 11) is 0. The molecular weight excluding hydrogens is 240 g/mol. The van der Waals surface area contributed by atoms with E-state index in [9.17, 15) is 0 Å². The van der Waals surface area contributed by atoms with Gasteiger partial charge < -0.3 is 15.0 Å². The van der Waals surface area contributed by atoms with Crippen LogP contribution < -0.4 is 10.2 Å². The molecule has 0 saturated carbocycles. The first-order valence-electron chi connectivity index (χ1n) is 7.26. The lowest BCUT2D eigenvalue weighted by atomic mass is 10.1. The Morgan fingerprint density at radius 2 is 2.11 bits per heavy atom. The second-order valence-corrected chi connectivity index (χ2v) is 5.45. The first-order chi connectivity index (χ1) is 9.31. The number of anilines is 2. The summed E-state index contributed by atoms with van der Waals surface area (Å²) in [5, 5.41) is 3.46. The molecule has 1 unspecified atom stereocenters. The zero-order valence-corrected chi connectivity index (χ0v) is 11.6. The maximum atomic E-state index is 5.39. The molecule has 1 aromatic heterocycles. The molecule has 1 aromatic rings. The van der Waals surface area contributed by atoms with Crippen LogP contribution in [0.1, 0.15) is 31.4 Å². The fourth-order valence-corrected chi connectivity index (χ4v) is 2.72. The Bertz CT molecular complexity index is 425. The molecular formula is C14H22N4O. The molecule has 0 radical (unpaired) electrons. The molecule has 104 valence electrons. The molecule has 2 fully saturated rings. The third-order valence-electron chi connectivity index (χ3n) is 3.76. The number of piperidine rings is 1. The van der Waals surface area contributed by atoms with E-state index in [0.29, 0.717) is 6.04 Å². The second-order valence-electron chi connectivity index (χ2n) is 5.45. The molecule has 0 amide bonds. The van der Waals surface area contributed by atoms with Gasteiger partial charge in [-0.05, 0) is 32.6 Å². The molecule has 0 spiro atoms. The van der Waals surface area contributed by atoms with Gasteiger partial charge in [0.25, 0.3) is 0 Å². The minimum atomic E-state index is 0.392. The molecule has 2 aliphatic rings. The fourth-order valence-electron chi connectivity index (χ4n) is 2.72. The normalized spacial score (nSPS) is 23.6. The molecule has 5 heteroatoms. The van der Waals surface area contributed by atoms with Crippen molar-refractivity contribution < 1.29 is 4.74 Å². The van der Waals surface area contributed by atoms with Crippen molar-refractivity contribution in [3.63, 3.8) is 0 Å². The van der Waals surface area contributed by atoms with Gasteiger partial charge in [-0.15, -0.1) is 0 Å². The summed E-state index contributed by atoms with van der Waals surface area (Å²) in [6.45, 7) is 5.82. The van der Waals surface area contributed by atoms with Crippen LogP contribution in [0, 0.1) is 6.92 Å². The van der Waals surface area contributed by atoms with Gasteiger partial charge in [0.15, 0.2) is 0 Å². The van der Waals surface area contributed by atoms with E-state index in [4.69, 9.17) is 4.74 Å². The highest BCUT2D eigenvalue weighted by molar-refractivity contribution is 5.44. The molecule has 2 saturated heterocycles. The minimum absolute atomic E-state index is 0.392. The van der Waals surface area contributed by atoms with Crippen LogP contribution in [0.4, 0.5) is 11.8 Å². The number of rotatable bonds is 3. The number of hydrogen-bond donors (Lipinski definition) is 1. The van der Waals surface area contributed by atoms with Gasteiger partial charge in [0.2, 0.25) is 5.95 Å². The zero-order valence-electron chi connectivity index (χ0n) is 11.6. The predicted octanol–water partition coefficient (Wildman–Crippen LogP) is 1.98. The van der Waals surface area contributed by atoms with Gasteiger partial charge in [0.05, 0.1) is 12.6 Å². The summed E-state index contributed by atoms with van der Waals surface area (Å²) >= 11 is 0. The number of ether oxygens (including phenoxy) is 1. The van der Waals surface area contributed by atoms with Gasteiger partial charge in [-0.25, -0.2) is 4.98 Å². The number of aromatic nitrogens is 2. The van der Waals surface area contributed by atoms with Crippen LogP contribution in [0.25, 0.3) is 0 Å². The fraction of sp³-hybridized carbons (Fsp3) is 0.714. The van der Waals surface area contributed by atoms with Crippen molar-refractivity contribution in [2.45, 2.75) is 38.6 Å². The lowest BCUT2D eigenvalue weighted by Gasteiger charge is -2.27. The van der Waals surface area contributed by atoms with Crippen LogP contribution in [0.15, 0.2) is 6.07 Å². The molecule has 1 N–H and O–H groups in total. The Hall–Kier alpha value is -1.36. The molecule has 3 heterocycles. The van der Waals surface area contributed by atoms with Crippen molar-refractivity contribution in [3.8, 4) is 0 Å². The highest BCUT2D eigenvalue weighted by Gasteiger charge is 2.18. The highest BCUT2D eigenvalue weighted by atomic mass is 16.5. The summed E-state index contributed by atoms with van der Waals surface area (Å²) < 4.78 is 5.39. The Morgan fingerprint density at radius 1 is 1.26 bits per heavy atom. The number of hydrogen-bond acceptors (Lipinski definition) is 5. The van der Waals surface area contributed by atoms with Crippen LogP contribution in [-0.2, 0) is 4.74 Å². The summed E-state index contributed by atoms with van der Waals surface area (Å²) in [5.41, 5.74) is 1.02. The number of aryl methyl sites for hydroxylation is 1. The van der Waals surface area contributed by atoms with E-state index in [1.54, 1.807) is 0 Å². The smallest absolute Gasteiger partial charge is 0.227 e. The van der Waals surface area contributed by atoms with E-state index in [0.717, 1.165) is 50.2 Å². The molecule has 0 aromatic carbocycles. The van der Waals surface area contributed by atoms with Gasteiger partial charge in [0, 0.05) is 31.5 Å². The topological polar surface area (TPSA) is 50.3 Å². The summed E-state index contributed by atoms with van der Waals surface area (Å²) in [6.07, 6.45) is 4.88. The number of nitrogens with one attached hydrogen (secondary N) is 1. The van der Waals surface area contributed by atoms with E-state index in [1.807, 2.05) is 13.0 Å². The molecule has 1 atom stereocenters. The molecule has 0 bridgehead atoms. The minimum Gasteiger partial charge on any atom is -0.379 e. The lowest BCUT2D eigenvalue weighted by molar-refractivity contribution is 0.195. The zero-order chi connectivity index (χ0) is 13.1. The average Bonchev–Trinajstić information content (AvgIpc) is 2.92. The Labute approximate surface area is 114 Å². The average molecular weight is 262 g/mol. The van der Waals surface area contributed by atoms with E-state index < -0.39 is 0 Å². The van der Waals surface area contributed by atoms with Crippen LogP contribution in [0.5, 0.6) is 0 Å². The Morgan fingerprint density at radius 3 is 2.84 bits per heavy atom. The van der Waals surface area contributed by atoms with Gasteiger partial charge in [-0.1, -0.05) is 0 Å². The SMILES string of the molecule is Cc1cc(NC2CCOC2)nc(N2CCCCC2)n1. The first-order valence-corrected chi connectivity index (χ1v) is 7.26. The molecule has 0 aliphatic carbocycles. The van der Waals surface area contributed by atoms with Crippen molar-refractivity contribution in [3.05, 3.63) is 11.8 Å². The standard InChI is InChI=1S/C14H22N4O/c1-11-9-13(16-12-5-8-19-10-12)17-14(15-11)18-6-3-2-4-7-18/h9,12H,2-8,10H2,1H3,(H,15,16,17). The monoisotopic (exact) mass is 262 g/mol. The van der Waals surface area contributed by atoms with Crippen LogP contribution in [0.2, 0.25) is 0 Å². The molecule has 2 aliphatic heterocycles. The van der Waals surface area contributed by atoms with Crippen molar-refractivity contribution >= 4 is 11.8 Å². The summed E-state index contributed by atoms with van der Waals surface area (Å²) in [5.74, 6) is 1.81. The van der Waals surface area contributed by atoms with Crippen molar-refractivity contribution in [2.24, 2.45) is 0 Å². The maximum absolute atomic E-state index is 5.39. The predicted molar refractivity (Wildman–Crippen MR) is 75.7 cm³/mol. The highest BCUT2D eigenvalue weighted by Crippen LogP contribution is 2.19. The van der Waals surface area contributed by atoms with E-state index in [-0.39, 0.29) is 0 Å². The van der Waals surface area contributed by atoms with Gasteiger partial charge in [-0.2, -0.15) is 4.98 Å². The Kier molecular flexibility index (Phi) is 3.82. The molecule has 5 nitrogen and oxygen atoms in total.